The van der Waals surface area contributed by atoms with Gasteiger partial charge in [-0.15, -0.1) is 0 Å². The van der Waals surface area contributed by atoms with Crippen molar-refractivity contribution < 1.29 is 23.8 Å². The molecule has 2 fully saturated rings. The molecule has 3 atom stereocenters. The van der Waals surface area contributed by atoms with Gasteiger partial charge in [-0.05, 0) is 57.8 Å². The van der Waals surface area contributed by atoms with Crippen LogP contribution in [-0.4, -0.2) is 41.3 Å². The molecule has 0 spiro atoms. The molecule has 0 radical (unpaired) electrons. The van der Waals surface area contributed by atoms with Crippen molar-refractivity contribution in [3.8, 4) is 0 Å². The van der Waals surface area contributed by atoms with Gasteiger partial charge in [0.1, 0.15) is 5.78 Å². The average Bonchev–Trinajstić information content (AvgIpc) is 3.38. The Morgan fingerprint density at radius 2 is 1.85 bits per heavy atom. The van der Waals surface area contributed by atoms with Crippen molar-refractivity contribution in [3.63, 3.8) is 0 Å². The molecular formula is C28H47IO5. The van der Waals surface area contributed by atoms with E-state index in [1.807, 2.05) is 13.8 Å². The van der Waals surface area contributed by atoms with Crippen molar-refractivity contribution in [2.45, 2.75) is 116 Å². The molecule has 1 aliphatic heterocycles. The zero-order valence-corrected chi connectivity index (χ0v) is 23.9. The van der Waals surface area contributed by atoms with Crippen LogP contribution in [-0.2, 0) is 23.8 Å². The van der Waals surface area contributed by atoms with Crippen LogP contribution < -0.4 is 0 Å². The average molecular weight is 591 g/mol. The molecule has 5 nitrogen and oxygen atoms in total. The van der Waals surface area contributed by atoms with E-state index in [1.54, 1.807) is 0 Å². The molecule has 0 unspecified atom stereocenters. The third kappa shape index (κ3) is 10.3. The molecule has 2 aliphatic rings. The molecule has 0 bridgehead atoms. The predicted octanol–water partition coefficient (Wildman–Crippen LogP) is 7.19. The van der Waals surface area contributed by atoms with Crippen LogP contribution in [0.2, 0.25) is 0 Å². The second kappa shape index (κ2) is 16.3. The van der Waals surface area contributed by atoms with Gasteiger partial charge in [0.25, 0.3) is 0 Å². The Kier molecular flexibility index (Phi) is 14.3. The summed E-state index contributed by atoms with van der Waals surface area (Å²) in [4.78, 5) is 24.5. The molecule has 0 aromatic carbocycles. The van der Waals surface area contributed by atoms with E-state index in [0.29, 0.717) is 43.7 Å². The first-order valence-corrected chi connectivity index (χ1v) is 15.1. The minimum absolute atomic E-state index is 0.0561. The van der Waals surface area contributed by atoms with E-state index in [1.165, 1.54) is 25.7 Å². The Balaban J connectivity index is 1.83. The fraction of sp³-hybridized carbons (Fsp3) is 0.857. The molecule has 34 heavy (non-hydrogen) atoms. The highest BCUT2D eigenvalue weighted by atomic mass is 127. The van der Waals surface area contributed by atoms with Gasteiger partial charge in [-0.1, -0.05) is 67.3 Å². The second-order valence-corrected chi connectivity index (χ2v) is 11.2. The van der Waals surface area contributed by atoms with Crippen LogP contribution >= 0.6 is 22.6 Å². The number of rotatable bonds is 17. The maximum absolute atomic E-state index is 12.9. The lowest BCUT2D eigenvalue weighted by molar-refractivity contribution is -0.171. The number of hydrogen-bond donors (Lipinski definition) is 0. The molecule has 0 amide bonds. The number of Topliss-reactive ketones (excluding diaryl/α,β-unsaturated/α-hetero) is 1. The number of allylic oxidation sites excluding steroid dienone is 2. The van der Waals surface area contributed by atoms with E-state index in [2.05, 4.69) is 41.7 Å². The van der Waals surface area contributed by atoms with E-state index in [4.69, 9.17) is 14.2 Å². The maximum atomic E-state index is 12.9. The largest absolute Gasteiger partial charge is 0.463 e. The highest BCUT2D eigenvalue weighted by Crippen LogP contribution is 2.43. The Bertz CT molecular complexity index is 626. The number of unbranched alkanes of at least 4 members (excludes halogenated alkanes) is 5. The van der Waals surface area contributed by atoms with Crippen LogP contribution in [0.5, 0.6) is 0 Å². The topological polar surface area (TPSA) is 61.8 Å². The van der Waals surface area contributed by atoms with E-state index in [9.17, 15) is 9.59 Å². The summed E-state index contributed by atoms with van der Waals surface area (Å²) >= 11 is 2.45. The third-order valence-corrected chi connectivity index (χ3v) is 8.34. The number of carbonyl (C=O) groups is 2. The normalized spacial score (nSPS) is 24.5. The van der Waals surface area contributed by atoms with Crippen molar-refractivity contribution in [1.29, 1.82) is 0 Å². The smallest absolute Gasteiger partial charge is 0.306 e. The Labute approximate surface area is 221 Å². The first kappa shape index (κ1) is 29.8. The zero-order chi connectivity index (χ0) is 24.8. The minimum atomic E-state index is -0.432. The number of esters is 1. The summed E-state index contributed by atoms with van der Waals surface area (Å²) in [5.41, 5.74) is 0. The molecular weight excluding hydrogens is 543 g/mol. The molecule has 0 N–H and O–H groups in total. The van der Waals surface area contributed by atoms with Gasteiger partial charge in [-0.2, -0.15) is 0 Å². The lowest BCUT2D eigenvalue weighted by atomic mass is 9.82. The van der Waals surface area contributed by atoms with Gasteiger partial charge in [0.2, 0.25) is 0 Å². The number of alkyl halides is 1. The van der Waals surface area contributed by atoms with Gasteiger partial charge in [-0.3, -0.25) is 9.59 Å². The first-order chi connectivity index (χ1) is 16.4. The number of halogens is 1. The Morgan fingerprint density at radius 1 is 1.12 bits per heavy atom. The van der Waals surface area contributed by atoms with Gasteiger partial charge in [0.05, 0.1) is 19.3 Å². The summed E-state index contributed by atoms with van der Waals surface area (Å²) in [6.07, 6.45) is 16.9. The predicted molar refractivity (Wildman–Crippen MR) is 145 cm³/mol. The molecule has 2 rings (SSSR count). The van der Waals surface area contributed by atoms with E-state index in [0.717, 1.165) is 49.4 Å². The maximum Gasteiger partial charge on any atom is 0.306 e. The zero-order valence-electron chi connectivity index (χ0n) is 21.7. The van der Waals surface area contributed by atoms with Crippen molar-refractivity contribution in [2.24, 2.45) is 17.8 Å². The summed E-state index contributed by atoms with van der Waals surface area (Å²) in [5.74, 6) is 0.817. The number of ether oxygens (including phenoxy) is 3. The molecule has 0 aromatic heterocycles. The van der Waals surface area contributed by atoms with E-state index in [-0.39, 0.29) is 18.0 Å². The quantitative estimate of drug-likeness (QED) is 0.0590. The Hall–Kier alpha value is -0.470. The monoisotopic (exact) mass is 590 g/mol. The molecule has 196 valence electrons. The highest BCUT2D eigenvalue weighted by molar-refractivity contribution is 14.1. The van der Waals surface area contributed by atoms with Crippen molar-refractivity contribution in [2.75, 3.05) is 17.6 Å². The minimum Gasteiger partial charge on any atom is -0.463 e. The SMILES string of the molecule is CCCCCCCC1(CC[C@H]2[C@H](CI)CC(=O)[C@@H]2CC=CCCCC(=O)OC(C)C)OCCO1. The van der Waals surface area contributed by atoms with Gasteiger partial charge < -0.3 is 14.2 Å². The number of hydrogen-bond acceptors (Lipinski definition) is 5. The third-order valence-electron chi connectivity index (χ3n) is 7.21. The van der Waals surface area contributed by atoms with Gasteiger partial charge in [0, 0.05) is 36.0 Å². The van der Waals surface area contributed by atoms with Crippen LogP contribution in [0.15, 0.2) is 12.2 Å². The fourth-order valence-electron chi connectivity index (χ4n) is 5.38. The molecule has 1 heterocycles. The van der Waals surface area contributed by atoms with E-state index < -0.39 is 5.79 Å². The van der Waals surface area contributed by atoms with Crippen LogP contribution in [0.3, 0.4) is 0 Å². The number of carbonyl (C=O) groups excluding carboxylic acids is 2. The van der Waals surface area contributed by atoms with E-state index >= 15 is 0 Å². The van der Waals surface area contributed by atoms with Crippen LogP contribution in [0.4, 0.5) is 0 Å². The van der Waals surface area contributed by atoms with Crippen LogP contribution in [0.25, 0.3) is 0 Å². The summed E-state index contributed by atoms with van der Waals surface area (Å²) in [6, 6.07) is 0. The second-order valence-electron chi connectivity index (χ2n) is 10.3. The van der Waals surface area contributed by atoms with Crippen molar-refractivity contribution >= 4 is 34.3 Å². The Morgan fingerprint density at radius 3 is 2.53 bits per heavy atom. The van der Waals surface area contributed by atoms with Crippen molar-refractivity contribution in [3.05, 3.63) is 12.2 Å². The summed E-state index contributed by atoms with van der Waals surface area (Å²) < 4.78 is 18.5. The lowest BCUT2D eigenvalue weighted by Gasteiger charge is -2.31. The highest BCUT2D eigenvalue weighted by Gasteiger charge is 2.43. The molecule has 1 saturated carbocycles. The van der Waals surface area contributed by atoms with Gasteiger partial charge >= 0.3 is 5.97 Å². The van der Waals surface area contributed by atoms with Crippen molar-refractivity contribution in [1.82, 2.24) is 0 Å². The summed E-state index contributed by atoms with van der Waals surface area (Å²) in [6.45, 7) is 7.36. The molecule has 1 saturated heterocycles. The number of ketones is 1. The van der Waals surface area contributed by atoms with Crippen LogP contribution in [0.1, 0.15) is 104 Å². The standard InChI is InChI=1S/C28H47IO5/c1-4-5-6-9-12-16-28(32-18-19-33-28)17-15-24-23(21-29)20-26(30)25(24)13-10-7-8-11-14-27(31)34-22(2)3/h7,10,22-25H,4-6,8-9,11-21H2,1-3H3/t23-,24-,25+/m0/s1. The summed E-state index contributed by atoms with van der Waals surface area (Å²) in [5, 5.41) is 0. The van der Waals surface area contributed by atoms with Gasteiger partial charge in [0.15, 0.2) is 5.79 Å². The van der Waals surface area contributed by atoms with Gasteiger partial charge in [-0.25, -0.2) is 0 Å². The molecule has 0 aromatic rings. The molecule has 1 aliphatic carbocycles. The summed E-state index contributed by atoms with van der Waals surface area (Å²) in [7, 11) is 0. The molecule has 6 heteroatoms. The lowest BCUT2D eigenvalue weighted by Crippen LogP contribution is -2.32. The fourth-order valence-corrected chi connectivity index (χ4v) is 6.35. The first-order valence-electron chi connectivity index (χ1n) is 13.6. The van der Waals surface area contributed by atoms with Crippen LogP contribution in [0, 0.1) is 17.8 Å².